The molecule has 2 nitrogen and oxygen atoms in total. The summed E-state index contributed by atoms with van der Waals surface area (Å²) in [5.74, 6) is -0.0150. The van der Waals surface area contributed by atoms with Crippen molar-refractivity contribution in [3.8, 4) is 0 Å². The van der Waals surface area contributed by atoms with Crippen LogP contribution in [0.15, 0.2) is 0 Å². The molecule has 1 radical (unpaired) electrons. The maximum atomic E-state index is 11.3. The minimum atomic E-state index is -0.949. The molecular weight excluding hydrogens is 180 g/mol. The van der Waals surface area contributed by atoms with Crippen molar-refractivity contribution in [2.45, 2.75) is 58.5 Å². The third-order valence-electron chi connectivity index (χ3n) is 1.82. The average Bonchev–Trinajstić information content (AvgIpc) is 1.99. The van der Waals surface area contributed by atoms with E-state index < -0.39 is 9.04 Å². The Labute approximate surface area is 83.4 Å². The van der Waals surface area contributed by atoms with Gasteiger partial charge in [-0.3, -0.25) is 4.79 Å². The summed E-state index contributed by atoms with van der Waals surface area (Å²) in [5.41, 5.74) is 1.01. The second-order valence-corrected chi connectivity index (χ2v) is 7.25. The van der Waals surface area contributed by atoms with Crippen LogP contribution in [0.5, 0.6) is 0 Å². The van der Waals surface area contributed by atoms with Gasteiger partial charge in [0.15, 0.2) is 0 Å². The molecule has 77 valence electrons. The number of hydrogen-bond acceptors (Lipinski definition) is 2. The molecule has 0 aromatic heterocycles. The van der Waals surface area contributed by atoms with Crippen molar-refractivity contribution < 1.29 is 9.22 Å². The number of carbonyl (C=O) groups is 1. The Hall–Kier alpha value is -0.313. The van der Waals surface area contributed by atoms with Crippen LogP contribution in [-0.2, 0) is 9.22 Å². The van der Waals surface area contributed by atoms with Gasteiger partial charge in [0.25, 0.3) is 15.0 Å². The van der Waals surface area contributed by atoms with Gasteiger partial charge >= 0.3 is 0 Å². The molecule has 0 spiro atoms. The predicted octanol–water partition coefficient (Wildman–Crippen LogP) is 3.14. The molecule has 0 aromatic rings. The summed E-state index contributed by atoms with van der Waals surface area (Å²) in [4.78, 5) is 11.3. The van der Waals surface area contributed by atoms with E-state index in [1.54, 1.807) is 0 Å². The molecule has 0 saturated carbocycles. The molecule has 0 aliphatic heterocycles. The number of carbonyl (C=O) groups excluding carboxylic acids is 1. The summed E-state index contributed by atoms with van der Waals surface area (Å²) in [6.45, 7) is 10.5. The number of hydrogen-bond donors (Lipinski definition) is 0. The van der Waals surface area contributed by atoms with Gasteiger partial charge in [0.2, 0.25) is 0 Å². The lowest BCUT2D eigenvalue weighted by Gasteiger charge is -2.21. The van der Waals surface area contributed by atoms with Crippen molar-refractivity contribution in [1.29, 1.82) is 0 Å². The largest absolute Gasteiger partial charge is 0.517 e. The third-order valence-corrected chi connectivity index (χ3v) is 4.56. The lowest BCUT2D eigenvalue weighted by atomic mass is 10.4. The van der Waals surface area contributed by atoms with E-state index in [1.165, 1.54) is 0 Å². The van der Waals surface area contributed by atoms with E-state index in [4.69, 9.17) is 4.43 Å². The first kappa shape index (κ1) is 12.7. The molecule has 0 amide bonds. The van der Waals surface area contributed by atoms with Crippen LogP contribution in [0.1, 0.15) is 47.5 Å². The Morgan fingerprint density at radius 3 is 2.00 bits per heavy atom. The Balaban J connectivity index is 4.02. The van der Waals surface area contributed by atoms with E-state index in [1.807, 2.05) is 6.92 Å². The van der Waals surface area contributed by atoms with Crippen molar-refractivity contribution in [3.05, 3.63) is 0 Å². The minimum Gasteiger partial charge on any atom is -0.517 e. The van der Waals surface area contributed by atoms with Crippen molar-refractivity contribution in [1.82, 2.24) is 0 Å². The highest BCUT2D eigenvalue weighted by molar-refractivity contribution is 6.56. The molecule has 0 saturated heterocycles. The molecule has 0 aromatic carbocycles. The first-order valence-electron chi connectivity index (χ1n) is 5.06. The lowest BCUT2D eigenvalue weighted by Crippen LogP contribution is -2.28. The summed E-state index contributed by atoms with van der Waals surface area (Å²) >= 11 is 0. The first-order valence-corrected chi connectivity index (χ1v) is 6.62. The Morgan fingerprint density at radius 2 is 1.69 bits per heavy atom. The summed E-state index contributed by atoms with van der Waals surface area (Å²) in [5, 5.41) is 0. The van der Waals surface area contributed by atoms with Crippen molar-refractivity contribution in [2.75, 3.05) is 0 Å². The van der Waals surface area contributed by atoms with Gasteiger partial charge in [-0.2, -0.15) is 0 Å². The van der Waals surface area contributed by atoms with E-state index >= 15 is 0 Å². The van der Waals surface area contributed by atoms with Gasteiger partial charge in [0.05, 0.1) is 0 Å². The summed E-state index contributed by atoms with van der Waals surface area (Å²) in [6.07, 6.45) is 1.44. The molecule has 13 heavy (non-hydrogen) atoms. The highest BCUT2D eigenvalue weighted by Gasteiger charge is 2.25. The van der Waals surface area contributed by atoms with Crippen LogP contribution in [0.2, 0.25) is 11.1 Å². The van der Waals surface area contributed by atoms with Crippen LogP contribution in [0, 0.1) is 0 Å². The van der Waals surface area contributed by atoms with Crippen molar-refractivity contribution in [3.63, 3.8) is 0 Å². The highest BCUT2D eigenvalue weighted by atomic mass is 28.3. The smallest absolute Gasteiger partial charge is 0.292 e. The average molecular weight is 201 g/mol. The van der Waals surface area contributed by atoms with Gasteiger partial charge in [-0.05, 0) is 17.5 Å². The monoisotopic (exact) mass is 201 g/mol. The zero-order valence-electron chi connectivity index (χ0n) is 9.39. The second kappa shape index (κ2) is 6.19. The fourth-order valence-electron chi connectivity index (χ4n) is 1.29. The SMILES string of the molecule is CCCC(=O)O[Si](C(C)C)C(C)C. The zero-order valence-corrected chi connectivity index (χ0v) is 10.4. The normalized spacial score (nSPS) is 11.4. The van der Waals surface area contributed by atoms with E-state index in [9.17, 15) is 4.79 Å². The minimum absolute atomic E-state index is 0.0150. The maximum Gasteiger partial charge on any atom is 0.292 e. The molecule has 0 fully saturated rings. The molecule has 0 bridgehead atoms. The quantitative estimate of drug-likeness (QED) is 0.639. The Bertz CT molecular complexity index is 147. The van der Waals surface area contributed by atoms with Gasteiger partial charge in [0, 0.05) is 6.42 Å². The maximum absolute atomic E-state index is 11.3. The highest BCUT2D eigenvalue weighted by Crippen LogP contribution is 2.21. The van der Waals surface area contributed by atoms with Crippen molar-refractivity contribution >= 4 is 15.0 Å². The molecule has 0 unspecified atom stereocenters. The Morgan fingerprint density at radius 1 is 1.23 bits per heavy atom. The van der Waals surface area contributed by atoms with Gasteiger partial charge in [-0.25, -0.2) is 0 Å². The van der Waals surface area contributed by atoms with Crippen LogP contribution >= 0.6 is 0 Å². The van der Waals surface area contributed by atoms with E-state index in [0.717, 1.165) is 6.42 Å². The Kier molecular flexibility index (Phi) is 6.04. The molecule has 0 atom stereocenters. The molecule has 3 heteroatoms. The predicted molar refractivity (Wildman–Crippen MR) is 57.0 cm³/mol. The molecule has 0 aliphatic carbocycles. The summed E-state index contributed by atoms with van der Waals surface area (Å²) in [7, 11) is -0.949. The molecule has 0 N–H and O–H groups in total. The van der Waals surface area contributed by atoms with Crippen molar-refractivity contribution in [2.24, 2.45) is 0 Å². The molecule has 0 rings (SSSR count). The zero-order chi connectivity index (χ0) is 10.4. The second-order valence-electron chi connectivity index (χ2n) is 3.94. The van der Waals surface area contributed by atoms with Crippen LogP contribution in [0.4, 0.5) is 0 Å². The van der Waals surface area contributed by atoms with Gasteiger partial charge < -0.3 is 4.43 Å². The summed E-state index contributed by atoms with van der Waals surface area (Å²) < 4.78 is 5.48. The first-order chi connectivity index (χ1) is 5.99. The van der Waals surface area contributed by atoms with Gasteiger partial charge in [-0.15, -0.1) is 0 Å². The summed E-state index contributed by atoms with van der Waals surface area (Å²) in [6, 6.07) is 0. The lowest BCUT2D eigenvalue weighted by molar-refractivity contribution is -0.135. The van der Waals surface area contributed by atoms with E-state index in [2.05, 4.69) is 27.7 Å². The molecule has 0 heterocycles. The van der Waals surface area contributed by atoms with Crippen LogP contribution in [0.25, 0.3) is 0 Å². The fraction of sp³-hybridized carbons (Fsp3) is 0.900. The standard InChI is InChI=1S/C10H21O2Si/c1-6-7-10(11)12-13(8(2)3)9(4)5/h8-9H,6-7H2,1-5H3. The fourth-order valence-corrected chi connectivity index (χ4v) is 3.46. The molecular formula is C10H21O2Si. The van der Waals surface area contributed by atoms with Gasteiger partial charge in [0.1, 0.15) is 0 Å². The van der Waals surface area contributed by atoms with E-state index in [0.29, 0.717) is 17.5 Å². The topological polar surface area (TPSA) is 26.3 Å². The van der Waals surface area contributed by atoms with Crippen LogP contribution in [-0.4, -0.2) is 15.0 Å². The number of rotatable bonds is 5. The molecule has 0 aliphatic rings. The van der Waals surface area contributed by atoms with Crippen LogP contribution in [0.3, 0.4) is 0 Å². The third kappa shape index (κ3) is 5.08. The van der Waals surface area contributed by atoms with Gasteiger partial charge in [-0.1, -0.05) is 34.6 Å². The van der Waals surface area contributed by atoms with Crippen LogP contribution < -0.4 is 0 Å². The van der Waals surface area contributed by atoms with E-state index in [-0.39, 0.29) is 5.97 Å².